The molecule has 1 aliphatic rings. The van der Waals surface area contributed by atoms with Gasteiger partial charge in [-0.05, 0) is 38.0 Å². The van der Waals surface area contributed by atoms with E-state index in [0.29, 0.717) is 0 Å². The van der Waals surface area contributed by atoms with Crippen LogP contribution < -0.4 is 14.8 Å². The molecule has 0 saturated carbocycles. The number of rotatable bonds is 3. The number of fused-ring (bicyclic) bond motifs is 1. The lowest BCUT2D eigenvalue weighted by Gasteiger charge is -2.09. The van der Waals surface area contributed by atoms with Crippen LogP contribution in [0.3, 0.4) is 0 Å². The molecule has 1 aromatic rings. The van der Waals surface area contributed by atoms with Gasteiger partial charge in [0.2, 0.25) is 6.75 Å². The molecule has 0 saturated heterocycles. The molecule has 1 heterocycles. The summed E-state index contributed by atoms with van der Waals surface area (Å²) < 4.78 is 55.8. The van der Waals surface area contributed by atoms with Crippen molar-refractivity contribution < 1.29 is 17.7 Å². The molecule has 0 spiro atoms. The number of hydrogen-bond acceptors (Lipinski definition) is 3. The van der Waals surface area contributed by atoms with Gasteiger partial charge in [0, 0.05) is 6.04 Å². The first-order chi connectivity index (χ1) is 9.14. The SMILES string of the molecule is [2H]c1c([2H])c2c(c([2H])c1CC(C)N([2H])C)OC([2H])([2H])O2. The Morgan fingerprint density at radius 2 is 2.43 bits per heavy atom. The molecule has 1 atom stereocenters. The molecule has 76 valence electrons. The Labute approximate surface area is 92.5 Å². The summed E-state index contributed by atoms with van der Waals surface area (Å²) >= 11 is 0. The minimum Gasteiger partial charge on any atom is -0.454 e. The van der Waals surface area contributed by atoms with Gasteiger partial charge in [0.05, 0.1) is 4.11 Å². The van der Waals surface area contributed by atoms with Crippen LogP contribution in [0.2, 0.25) is 1.41 Å². The third-order valence-corrected chi connectivity index (χ3v) is 2.03. The van der Waals surface area contributed by atoms with Crippen LogP contribution in [0.25, 0.3) is 0 Å². The fourth-order valence-corrected chi connectivity index (χ4v) is 1.15. The van der Waals surface area contributed by atoms with E-state index in [1.165, 1.54) is 5.31 Å². The van der Waals surface area contributed by atoms with Crippen molar-refractivity contribution in [1.82, 2.24) is 5.31 Å². The van der Waals surface area contributed by atoms with Gasteiger partial charge in [0.25, 0.3) is 0 Å². The van der Waals surface area contributed by atoms with Gasteiger partial charge in [-0.25, -0.2) is 0 Å². The molecule has 0 bridgehead atoms. The molecule has 0 amide bonds. The molecule has 1 aliphatic heterocycles. The zero-order chi connectivity index (χ0) is 15.2. The Kier molecular flexibility index (Phi) is 1.26. The van der Waals surface area contributed by atoms with E-state index < -0.39 is 6.75 Å². The minimum absolute atomic E-state index is 0.147. The number of ether oxygens (including phenoxy) is 2. The molecular formula is C11H15NO2. The lowest BCUT2D eigenvalue weighted by atomic mass is 10.1. The highest BCUT2D eigenvalue weighted by Crippen LogP contribution is 2.32. The van der Waals surface area contributed by atoms with Gasteiger partial charge in [0.1, 0.15) is 4.15 Å². The molecule has 3 nitrogen and oxygen atoms in total. The van der Waals surface area contributed by atoms with E-state index in [2.05, 4.69) is 0 Å². The highest BCUT2D eigenvalue weighted by atomic mass is 16.7. The number of nitrogens with one attached hydrogen (secondary N) is 1. The first-order valence-corrected chi connectivity index (χ1v) is 4.36. The van der Waals surface area contributed by atoms with Crippen molar-refractivity contribution >= 4 is 0 Å². The molecule has 0 aromatic heterocycles. The van der Waals surface area contributed by atoms with E-state index in [0.717, 1.165) is 0 Å². The Balaban J connectivity index is 2.49. The molecular weight excluding hydrogens is 178 g/mol. The van der Waals surface area contributed by atoms with Crippen molar-refractivity contribution in [1.29, 1.82) is 0 Å². The minimum atomic E-state index is -2.42. The fraction of sp³-hybridized carbons (Fsp3) is 0.455. The van der Waals surface area contributed by atoms with Crippen molar-refractivity contribution in [2.24, 2.45) is 0 Å². The van der Waals surface area contributed by atoms with Crippen LogP contribution in [-0.2, 0) is 6.42 Å². The summed E-state index contributed by atoms with van der Waals surface area (Å²) in [6.45, 7) is -0.657. The summed E-state index contributed by atoms with van der Waals surface area (Å²) in [5.41, 5.74) is 0.252. The van der Waals surface area contributed by atoms with Gasteiger partial charge in [0.15, 0.2) is 11.5 Å². The van der Waals surface area contributed by atoms with Crippen molar-refractivity contribution in [3.05, 3.63) is 23.7 Å². The summed E-state index contributed by atoms with van der Waals surface area (Å²) in [4.78, 5) is 0. The Hall–Kier alpha value is -1.22. The number of likely N-dealkylation sites (N-methyl/N-ethyl adjacent to an activating group) is 1. The molecule has 1 unspecified atom stereocenters. The second-order valence-electron chi connectivity index (χ2n) is 3.11. The molecule has 0 radical (unpaired) electrons. The fourth-order valence-electron chi connectivity index (χ4n) is 1.15. The van der Waals surface area contributed by atoms with Gasteiger partial charge < -0.3 is 14.8 Å². The summed E-state index contributed by atoms with van der Waals surface area (Å²) in [7, 11) is 1.56. The number of benzene rings is 1. The summed E-state index contributed by atoms with van der Waals surface area (Å²) in [5, 5.41) is 1.20. The molecule has 14 heavy (non-hydrogen) atoms. The second kappa shape index (κ2) is 3.88. The van der Waals surface area contributed by atoms with E-state index in [1.54, 1.807) is 14.0 Å². The maximum Gasteiger partial charge on any atom is 0.231 e. The van der Waals surface area contributed by atoms with Crippen LogP contribution in [0.5, 0.6) is 11.5 Å². The second-order valence-corrected chi connectivity index (χ2v) is 3.11. The molecule has 0 fully saturated rings. The largest absolute Gasteiger partial charge is 0.454 e. The monoisotopic (exact) mass is 199 g/mol. The summed E-state index contributed by atoms with van der Waals surface area (Å²) in [5.74, 6) is -0.355. The lowest BCUT2D eigenvalue weighted by molar-refractivity contribution is 0.174. The Morgan fingerprint density at radius 3 is 3.21 bits per heavy atom. The smallest absolute Gasteiger partial charge is 0.231 e. The first kappa shape index (κ1) is 4.53. The predicted octanol–water partition coefficient (Wildman–Crippen LogP) is 1.57. The van der Waals surface area contributed by atoms with Gasteiger partial charge in [-0.3, -0.25) is 0 Å². The third kappa shape index (κ3) is 1.82. The quantitative estimate of drug-likeness (QED) is 0.801. The predicted molar refractivity (Wildman–Crippen MR) is 54.8 cm³/mol. The van der Waals surface area contributed by atoms with E-state index in [1.807, 2.05) is 0 Å². The van der Waals surface area contributed by atoms with Gasteiger partial charge in [-0.2, -0.15) is 0 Å². The van der Waals surface area contributed by atoms with Crippen LogP contribution in [0.4, 0.5) is 0 Å². The third-order valence-electron chi connectivity index (χ3n) is 2.03. The van der Waals surface area contributed by atoms with Gasteiger partial charge in [-0.1, -0.05) is 6.04 Å². The van der Waals surface area contributed by atoms with Crippen LogP contribution in [0, 0.1) is 0 Å². The van der Waals surface area contributed by atoms with Crippen LogP contribution in [-0.4, -0.2) is 19.8 Å². The van der Waals surface area contributed by atoms with Crippen molar-refractivity contribution in [3.63, 3.8) is 0 Å². The lowest BCUT2D eigenvalue weighted by Crippen LogP contribution is -2.23. The number of hydrogen-bond donors (Lipinski definition) is 1. The summed E-state index contributed by atoms with van der Waals surface area (Å²) in [6.07, 6.45) is 0.225. The maximum absolute atomic E-state index is 8.02. The molecule has 3 heteroatoms. The highest BCUT2D eigenvalue weighted by Gasteiger charge is 2.13. The maximum atomic E-state index is 8.02. The normalized spacial score (nSPS) is 25.6. The Morgan fingerprint density at radius 1 is 1.64 bits per heavy atom. The molecule has 1 aromatic carbocycles. The van der Waals surface area contributed by atoms with Crippen LogP contribution in [0.15, 0.2) is 18.1 Å². The van der Waals surface area contributed by atoms with E-state index in [-0.39, 0.29) is 47.7 Å². The van der Waals surface area contributed by atoms with E-state index in [4.69, 9.17) is 17.7 Å². The van der Waals surface area contributed by atoms with Crippen molar-refractivity contribution in [3.8, 4) is 11.5 Å². The van der Waals surface area contributed by atoms with E-state index in [9.17, 15) is 0 Å². The topological polar surface area (TPSA) is 30.5 Å². The average molecular weight is 199 g/mol. The van der Waals surface area contributed by atoms with Crippen molar-refractivity contribution in [2.45, 2.75) is 19.4 Å². The van der Waals surface area contributed by atoms with Crippen LogP contribution in [0.1, 0.15) is 19.3 Å². The highest BCUT2D eigenvalue weighted by molar-refractivity contribution is 5.44. The standard InChI is InChI=1S/C11H15NO2/c1-8(12-2)5-9-3-4-10-11(6-9)14-7-13-10/h3-4,6,8,12H,5,7H2,1-2H3/i3D,4D,6D,7D2/hD. The van der Waals surface area contributed by atoms with Crippen LogP contribution >= 0.6 is 0 Å². The zero-order valence-corrected chi connectivity index (χ0v) is 8.05. The first-order valence-electron chi connectivity index (χ1n) is 7.31. The average Bonchev–Trinajstić information content (AvgIpc) is 2.68. The van der Waals surface area contributed by atoms with Crippen molar-refractivity contribution in [2.75, 3.05) is 13.8 Å². The Bertz CT molecular complexity index is 548. The molecule has 0 aliphatic carbocycles. The molecule has 1 N–H and O–H groups in total. The zero-order valence-electron chi connectivity index (χ0n) is 14.0. The van der Waals surface area contributed by atoms with E-state index >= 15 is 0 Å². The summed E-state index contributed by atoms with van der Waals surface area (Å²) in [6, 6.07) is -0.897. The molecule has 2 rings (SSSR count). The van der Waals surface area contributed by atoms with Gasteiger partial charge >= 0.3 is 0 Å². The van der Waals surface area contributed by atoms with Gasteiger partial charge in [-0.15, -0.1) is 0 Å².